The van der Waals surface area contributed by atoms with Crippen LogP contribution >= 0.6 is 0 Å². The van der Waals surface area contributed by atoms with Crippen LogP contribution < -0.4 is 0 Å². The molecular weight excluding hydrogens is 869 g/mol. The molecule has 1 rings (SSSR count). The molecule has 1 saturated heterocycles. The number of amides is 1. The molecular formula is C48H88N6O13. The lowest BCUT2D eigenvalue weighted by molar-refractivity contribution is -0.162. The van der Waals surface area contributed by atoms with E-state index in [0.29, 0.717) is 39.3 Å². The highest BCUT2D eigenvalue weighted by atomic mass is 16.6. The first-order valence-electron chi connectivity index (χ1n) is 23.5. The van der Waals surface area contributed by atoms with Gasteiger partial charge in [0.25, 0.3) is 0 Å². The van der Waals surface area contributed by atoms with Gasteiger partial charge in [-0.25, -0.2) is 0 Å². The molecule has 0 N–H and O–H groups in total. The minimum atomic E-state index is -0.847. The Labute approximate surface area is 401 Å². The van der Waals surface area contributed by atoms with E-state index in [-0.39, 0.29) is 65.4 Å². The topological polar surface area (TPSA) is 194 Å². The molecule has 0 atom stereocenters. The second kappa shape index (κ2) is 26.2. The summed E-state index contributed by atoms with van der Waals surface area (Å²) in [7, 11) is 0. The number of rotatable bonds is 17. The Hall–Kier alpha value is -3.91. The van der Waals surface area contributed by atoms with Gasteiger partial charge < -0.3 is 33.3 Å². The maximum absolute atomic E-state index is 14.5. The Bertz CT molecular complexity index is 1550. The van der Waals surface area contributed by atoms with Crippen LogP contribution in [-0.2, 0) is 62.0 Å². The molecule has 1 aliphatic rings. The zero-order chi connectivity index (χ0) is 51.8. The van der Waals surface area contributed by atoms with Crippen LogP contribution in [0, 0.1) is 0 Å². The first-order valence-corrected chi connectivity index (χ1v) is 23.5. The van der Waals surface area contributed by atoms with Gasteiger partial charge in [0, 0.05) is 65.4 Å². The number of hydrogen-bond acceptors (Lipinski definition) is 18. The van der Waals surface area contributed by atoms with Gasteiger partial charge in [0.15, 0.2) is 0 Å². The van der Waals surface area contributed by atoms with Gasteiger partial charge >= 0.3 is 35.8 Å². The summed E-state index contributed by atoms with van der Waals surface area (Å²) in [5.74, 6) is -3.53. The van der Waals surface area contributed by atoms with Gasteiger partial charge in [-0.1, -0.05) is 0 Å². The molecule has 1 amide bonds. The van der Waals surface area contributed by atoms with Crippen molar-refractivity contribution in [2.75, 3.05) is 111 Å². The van der Waals surface area contributed by atoms with Crippen LogP contribution in [0.1, 0.15) is 125 Å². The molecule has 0 aliphatic carbocycles. The Morgan fingerprint density at radius 3 is 0.806 bits per heavy atom. The Morgan fingerprint density at radius 2 is 0.552 bits per heavy atom. The molecule has 0 spiro atoms. The fourth-order valence-electron chi connectivity index (χ4n) is 6.58. The van der Waals surface area contributed by atoms with Gasteiger partial charge in [-0.05, 0) is 125 Å². The second-order valence-electron chi connectivity index (χ2n) is 23.1. The third-order valence-electron chi connectivity index (χ3n) is 8.93. The molecule has 1 heterocycles. The Balaban J connectivity index is 3.66. The maximum Gasteiger partial charge on any atom is 0.326 e. The molecule has 0 bridgehead atoms. The van der Waals surface area contributed by atoms with Gasteiger partial charge in [-0.3, -0.25) is 58.1 Å². The van der Waals surface area contributed by atoms with E-state index in [2.05, 4.69) is 0 Å². The van der Waals surface area contributed by atoms with Crippen molar-refractivity contribution in [1.82, 2.24) is 29.4 Å². The molecule has 0 saturated carbocycles. The average Bonchev–Trinajstić information content (AvgIpc) is 3.05. The average molecular weight is 957 g/mol. The normalized spacial score (nSPS) is 16.3. The summed E-state index contributed by atoms with van der Waals surface area (Å²) in [6, 6.07) is 0. The molecule has 388 valence electrons. The van der Waals surface area contributed by atoms with Crippen LogP contribution in [0.15, 0.2) is 0 Å². The molecule has 1 aliphatic heterocycles. The lowest BCUT2D eigenvalue weighted by Gasteiger charge is -2.35. The van der Waals surface area contributed by atoms with Crippen LogP contribution in [0.5, 0.6) is 0 Å². The van der Waals surface area contributed by atoms with Gasteiger partial charge in [0.1, 0.15) is 40.2 Å². The van der Waals surface area contributed by atoms with Crippen molar-refractivity contribution in [2.24, 2.45) is 0 Å². The quantitative estimate of drug-likeness (QED) is 0.152. The Kier molecular flexibility index (Phi) is 23.9. The first kappa shape index (κ1) is 61.1. The van der Waals surface area contributed by atoms with Crippen molar-refractivity contribution in [3.8, 4) is 0 Å². The van der Waals surface area contributed by atoms with Crippen LogP contribution in [0.25, 0.3) is 0 Å². The summed E-state index contributed by atoms with van der Waals surface area (Å²) in [4.78, 5) is 104. The van der Waals surface area contributed by atoms with E-state index in [4.69, 9.17) is 28.4 Å². The third-order valence-corrected chi connectivity index (χ3v) is 8.93. The summed E-state index contributed by atoms with van der Waals surface area (Å²) in [6.07, 6.45) is 0. The molecule has 0 unspecified atom stereocenters. The van der Waals surface area contributed by atoms with Gasteiger partial charge in [-0.2, -0.15) is 0 Å². The number of ether oxygens (including phenoxy) is 6. The monoisotopic (exact) mass is 957 g/mol. The molecule has 67 heavy (non-hydrogen) atoms. The molecule has 0 aromatic heterocycles. The predicted octanol–water partition coefficient (Wildman–Crippen LogP) is 3.39. The summed E-state index contributed by atoms with van der Waals surface area (Å²) < 4.78 is 33.8. The predicted molar refractivity (Wildman–Crippen MR) is 254 cm³/mol. The van der Waals surface area contributed by atoms with E-state index in [1.807, 2.05) is 19.6 Å². The zero-order valence-electron chi connectivity index (χ0n) is 44.5. The number of esters is 6. The molecule has 0 aromatic carbocycles. The van der Waals surface area contributed by atoms with Crippen LogP contribution in [0.3, 0.4) is 0 Å². The van der Waals surface area contributed by atoms with Crippen molar-refractivity contribution in [2.45, 2.75) is 158 Å². The number of nitrogens with zero attached hydrogens (tertiary/aromatic N) is 6. The highest BCUT2D eigenvalue weighted by Gasteiger charge is 2.30. The minimum absolute atomic E-state index is 0.000150. The van der Waals surface area contributed by atoms with E-state index in [0.717, 1.165) is 0 Å². The molecule has 19 heteroatoms. The van der Waals surface area contributed by atoms with Crippen molar-refractivity contribution < 1.29 is 62.0 Å². The van der Waals surface area contributed by atoms with E-state index in [1.165, 1.54) is 9.80 Å². The zero-order valence-corrected chi connectivity index (χ0v) is 44.5. The van der Waals surface area contributed by atoms with Crippen molar-refractivity contribution in [1.29, 1.82) is 0 Å². The van der Waals surface area contributed by atoms with E-state index in [1.54, 1.807) is 125 Å². The SMILES string of the molecule is CC(C)(C)OC(=O)CN1CCN(CC(=O)OC(C)(C)C)CCN(CC(=O)N(CCN(CC(=O)OC(C)(C)C)CC(=O)OC(C)(C)C)CC(=O)OC(C)(C)C)CCN(CC(=O)OC(C)(C)C)CC1. The second-order valence-corrected chi connectivity index (χ2v) is 23.1. The summed E-state index contributed by atoms with van der Waals surface area (Å²) in [5, 5.41) is 0. The highest BCUT2D eigenvalue weighted by molar-refractivity contribution is 5.83. The van der Waals surface area contributed by atoms with E-state index < -0.39 is 81.9 Å². The van der Waals surface area contributed by atoms with Crippen LogP contribution in [0.2, 0.25) is 0 Å². The van der Waals surface area contributed by atoms with Crippen LogP contribution in [-0.4, -0.2) is 216 Å². The first-order chi connectivity index (χ1) is 30.2. The van der Waals surface area contributed by atoms with Crippen molar-refractivity contribution in [3.05, 3.63) is 0 Å². The molecule has 1 fully saturated rings. The minimum Gasteiger partial charge on any atom is -0.459 e. The van der Waals surface area contributed by atoms with Crippen LogP contribution in [0.4, 0.5) is 0 Å². The summed E-state index contributed by atoms with van der Waals surface area (Å²) >= 11 is 0. The van der Waals surface area contributed by atoms with Crippen molar-refractivity contribution in [3.63, 3.8) is 0 Å². The highest BCUT2D eigenvalue weighted by Crippen LogP contribution is 2.14. The summed E-state index contributed by atoms with van der Waals surface area (Å²) in [6.45, 7) is 33.0. The Morgan fingerprint density at radius 1 is 0.328 bits per heavy atom. The lowest BCUT2D eigenvalue weighted by atomic mass is 10.2. The molecule has 19 nitrogen and oxygen atoms in total. The van der Waals surface area contributed by atoms with Gasteiger partial charge in [0.05, 0.1) is 39.3 Å². The fraction of sp³-hybridized carbons (Fsp3) is 0.854. The van der Waals surface area contributed by atoms with E-state index in [9.17, 15) is 33.6 Å². The smallest absolute Gasteiger partial charge is 0.326 e. The number of carbonyl (C=O) groups excluding carboxylic acids is 7. The largest absolute Gasteiger partial charge is 0.459 e. The molecule has 0 radical (unpaired) electrons. The van der Waals surface area contributed by atoms with Gasteiger partial charge in [0.2, 0.25) is 5.91 Å². The lowest BCUT2D eigenvalue weighted by Crippen LogP contribution is -2.52. The fourth-order valence-corrected chi connectivity index (χ4v) is 6.58. The van der Waals surface area contributed by atoms with Gasteiger partial charge in [-0.15, -0.1) is 0 Å². The number of hydrogen-bond donors (Lipinski definition) is 0. The molecule has 0 aromatic rings. The third kappa shape index (κ3) is 32.5. The summed E-state index contributed by atoms with van der Waals surface area (Å²) in [5.41, 5.74) is -4.58. The van der Waals surface area contributed by atoms with Crippen molar-refractivity contribution >= 4 is 41.7 Å². The van der Waals surface area contributed by atoms with E-state index >= 15 is 0 Å². The maximum atomic E-state index is 14.5. The standard InChI is InChI=1S/C48H88N6O13/c1-43(2,3)62-37(56)30-50-21-19-49(20-22-51(31-38(57)63-44(4,5)6)24-26-52(25-23-50)32-39(58)64-45(7,8)9)29-36(55)54(35-42(61)67-48(16,17)18)28-27-53(33-40(59)65-46(10,11)12)34-41(60)66-47(13,14)15/h19-35H2,1-18H3. The number of carbonyl (C=O) groups is 7.